The van der Waals surface area contributed by atoms with Crippen LogP contribution in [-0.2, 0) is 4.74 Å². The van der Waals surface area contributed by atoms with Crippen LogP contribution in [-0.4, -0.2) is 23.5 Å². The lowest BCUT2D eigenvalue weighted by atomic mass is 10.2. The van der Waals surface area contributed by atoms with E-state index < -0.39 is 0 Å². The number of nitrogens with zero attached hydrogens (tertiary/aromatic N) is 1. The minimum Gasteiger partial charge on any atom is -0.462 e. The van der Waals surface area contributed by atoms with Crippen molar-refractivity contribution in [2.75, 3.05) is 11.9 Å². The number of aromatic nitrogens is 1. The van der Waals surface area contributed by atoms with E-state index in [9.17, 15) is 9.59 Å². The number of benzene rings is 1. The van der Waals surface area contributed by atoms with Crippen LogP contribution in [0.3, 0.4) is 0 Å². The Hall–Kier alpha value is -2.69. The SMILES string of the molecule is CCCCOC(=O)c1ccc(NC(=O)c2ccncc2)cc1. The monoisotopic (exact) mass is 298 g/mol. The Morgan fingerprint density at radius 1 is 1.05 bits per heavy atom. The number of unbranched alkanes of at least 4 members (excludes halogenated alkanes) is 1. The van der Waals surface area contributed by atoms with Gasteiger partial charge in [-0.05, 0) is 42.8 Å². The molecule has 0 radical (unpaired) electrons. The molecule has 1 amide bonds. The molecule has 2 aromatic rings. The van der Waals surface area contributed by atoms with Gasteiger partial charge < -0.3 is 10.1 Å². The molecule has 5 heteroatoms. The highest BCUT2D eigenvalue weighted by atomic mass is 16.5. The molecule has 1 aromatic carbocycles. The second-order valence-electron chi connectivity index (χ2n) is 4.76. The Bertz CT molecular complexity index is 624. The molecule has 0 spiro atoms. The van der Waals surface area contributed by atoms with Crippen LogP contribution in [0.1, 0.15) is 40.5 Å². The second-order valence-corrected chi connectivity index (χ2v) is 4.76. The van der Waals surface area contributed by atoms with Crippen LogP contribution >= 0.6 is 0 Å². The van der Waals surface area contributed by atoms with Gasteiger partial charge in [-0.15, -0.1) is 0 Å². The van der Waals surface area contributed by atoms with Gasteiger partial charge in [-0.25, -0.2) is 4.79 Å². The van der Waals surface area contributed by atoms with Crippen LogP contribution in [0, 0.1) is 0 Å². The standard InChI is InChI=1S/C17H18N2O3/c1-2-3-12-22-17(21)14-4-6-15(7-5-14)19-16(20)13-8-10-18-11-9-13/h4-11H,2-3,12H2,1H3,(H,19,20). The number of hydrogen-bond donors (Lipinski definition) is 1. The van der Waals surface area contributed by atoms with E-state index in [1.54, 1.807) is 48.8 Å². The van der Waals surface area contributed by atoms with Crippen molar-refractivity contribution in [1.29, 1.82) is 0 Å². The van der Waals surface area contributed by atoms with Crippen molar-refractivity contribution in [3.8, 4) is 0 Å². The lowest BCUT2D eigenvalue weighted by Gasteiger charge is -2.07. The van der Waals surface area contributed by atoms with Gasteiger partial charge in [-0.3, -0.25) is 9.78 Å². The van der Waals surface area contributed by atoms with Crippen LogP contribution in [0.25, 0.3) is 0 Å². The Kier molecular flexibility index (Phi) is 5.65. The summed E-state index contributed by atoms with van der Waals surface area (Å²) < 4.78 is 5.13. The molecule has 0 saturated carbocycles. The maximum absolute atomic E-state index is 12.0. The van der Waals surface area contributed by atoms with E-state index in [4.69, 9.17) is 4.74 Å². The molecular weight excluding hydrogens is 280 g/mol. The molecule has 0 saturated heterocycles. The van der Waals surface area contributed by atoms with Crippen molar-refractivity contribution in [2.45, 2.75) is 19.8 Å². The first-order chi connectivity index (χ1) is 10.7. The number of rotatable bonds is 6. The summed E-state index contributed by atoms with van der Waals surface area (Å²) in [4.78, 5) is 27.6. The first-order valence-corrected chi connectivity index (χ1v) is 7.19. The van der Waals surface area contributed by atoms with Gasteiger partial charge in [0.25, 0.3) is 5.91 Å². The number of amides is 1. The van der Waals surface area contributed by atoms with Crippen molar-refractivity contribution < 1.29 is 14.3 Å². The van der Waals surface area contributed by atoms with Gasteiger partial charge in [-0.2, -0.15) is 0 Å². The molecule has 0 aliphatic heterocycles. The third kappa shape index (κ3) is 4.41. The van der Waals surface area contributed by atoms with E-state index in [-0.39, 0.29) is 11.9 Å². The lowest BCUT2D eigenvalue weighted by Crippen LogP contribution is -2.12. The smallest absolute Gasteiger partial charge is 0.338 e. The molecule has 5 nitrogen and oxygen atoms in total. The maximum atomic E-state index is 12.0. The lowest BCUT2D eigenvalue weighted by molar-refractivity contribution is 0.0499. The van der Waals surface area contributed by atoms with Gasteiger partial charge >= 0.3 is 5.97 Å². The van der Waals surface area contributed by atoms with Crippen molar-refractivity contribution in [2.24, 2.45) is 0 Å². The topological polar surface area (TPSA) is 68.3 Å². The molecule has 0 aliphatic rings. The van der Waals surface area contributed by atoms with Gasteiger partial charge in [0, 0.05) is 23.6 Å². The highest BCUT2D eigenvalue weighted by Gasteiger charge is 2.08. The van der Waals surface area contributed by atoms with E-state index >= 15 is 0 Å². The molecule has 0 unspecified atom stereocenters. The summed E-state index contributed by atoms with van der Waals surface area (Å²) >= 11 is 0. The number of hydrogen-bond acceptors (Lipinski definition) is 4. The Morgan fingerprint density at radius 3 is 2.36 bits per heavy atom. The molecule has 114 valence electrons. The van der Waals surface area contributed by atoms with E-state index in [2.05, 4.69) is 10.3 Å². The maximum Gasteiger partial charge on any atom is 0.338 e. The molecule has 1 heterocycles. The van der Waals surface area contributed by atoms with Crippen LogP contribution in [0.4, 0.5) is 5.69 Å². The quantitative estimate of drug-likeness (QED) is 0.656. The van der Waals surface area contributed by atoms with Crippen LogP contribution in [0.15, 0.2) is 48.8 Å². The van der Waals surface area contributed by atoms with Crippen LogP contribution in [0.5, 0.6) is 0 Å². The predicted molar refractivity (Wildman–Crippen MR) is 83.8 cm³/mol. The Morgan fingerprint density at radius 2 is 1.73 bits per heavy atom. The van der Waals surface area contributed by atoms with E-state index in [1.165, 1.54) is 0 Å². The van der Waals surface area contributed by atoms with E-state index in [0.717, 1.165) is 12.8 Å². The third-order valence-electron chi connectivity index (χ3n) is 3.05. The molecule has 2 rings (SSSR count). The Balaban J connectivity index is 1.94. The van der Waals surface area contributed by atoms with E-state index in [1.807, 2.05) is 6.92 Å². The normalized spacial score (nSPS) is 10.0. The average Bonchev–Trinajstić information content (AvgIpc) is 2.56. The number of anilines is 1. The highest BCUT2D eigenvalue weighted by molar-refractivity contribution is 6.04. The fraction of sp³-hybridized carbons (Fsp3) is 0.235. The fourth-order valence-electron chi connectivity index (χ4n) is 1.79. The number of pyridine rings is 1. The van der Waals surface area contributed by atoms with Gasteiger partial charge in [0.15, 0.2) is 0 Å². The number of carbonyl (C=O) groups is 2. The van der Waals surface area contributed by atoms with Crippen molar-refractivity contribution >= 4 is 17.6 Å². The van der Waals surface area contributed by atoms with Gasteiger partial charge in [0.1, 0.15) is 0 Å². The zero-order valence-corrected chi connectivity index (χ0v) is 12.4. The first-order valence-electron chi connectivity index (χ1n) is 7.19. The van der Waals surface area contributed by atoms with Crippen LogP contribution < -0.4 is 5.32 Å². The number of ether oxygens (including phenoxy) is 1. The molecule has 22 heavy (non-hydrogen) atoms. The van der Waals surface area contributed by atoms with Crippen molar-refractivity contribution in [3.63, 3.8) is 0 Å². The number of carbonyl (C=O) groups excluding carboxylic acids is 2. The molecule has 1 aromatic heterocycles. The Labute approximate surface area is 129 Å². The van der Waals surface area contributed by atoms with Gasteiger partial charge in [0.05, 0.1) is 12.2 Å². The summed E-state index contributed by atoms with van der Waals surface area (Å²) in [7, 11) is 0. The second kappa shape index (κ2) is 7.93. The van der Waals surface area contributed by atoms with Gasteiger partial charge in [0.2, 0.25) is 0 Å². The summed E-state index contributed by atoms with van der Waals surface area (Å²) in [5, 5.41) is 2.76. The average molecular weight is 298 g/mol. The summed E-state index contributed by atoms with van der Waals surface area (Å²) in [5.41, 5.74) is 1.61. The molecule has 0 aliphatic carbocycles. The summed E-state index contributed by atoms with van der Waals surface area (Å²) in [6.45, 7) is 2.46. The summed E-state index contributed by atoms with van der Waals surface area (Å²) in [5.74, 6) is -0.568. The number of nitrogens with one attached hydrogen (secondary N) is 1. The zero-order chi connectivity index (χ0) is 15.8. The molecule has 0 fully saturated rings. The molecule has 0 atom stereocenters. The molecule has 1 N–H and O–H groups in total. The minimum atomic E-state index is -0.347. The predicted octanol–water partition coefficient (Wildman–Crippen LogP) is 3.29. The van der Waals surface area contributed by atoms with Gasteiger partial charge in [-0.1, -0.05) is 13.3 Å². The largest absolute Gasteiger partial charge is 0.462 e. The third-order valence-corrected chi connectivity index (χ3v) is 3.05. The number of esters is 1. The summed E-state index contributed by atoms with van der Waals surface area (Å²) in [6.07, 6.45) is 4.95. The first kappa shape index (κ1) is 15.7. The van der Waals surface area contributed by atoms with Crippen molar-refractivity contribution in [1.82, 2.24) is 4.98 Å². The summed E-state index contributed by atoms with van der Waals surface area (Å²) in [6, 6.07) is 9.89. The fourth-order valence-corrected chi connectivity index (χ4v) is 1.79. The van der Waals surface area contributed by atoms with E-state index in [0.29, 0.717) is 23.4 Å². The highest BCUT2D eigenvalue weighted by Crippen LogP contribution is 2.12. The van der Waals surface area contributed by atoms with Crippen LogP contribution in [0.2, 0.25) is 0 Å². The zero-order valence-electron chi connectivity index (χ0n) is 12.4. The van der Waals surface area contributed by atoms with Crippen molar-refractivity contribution in [3.05, 3.63) is 59.9 Å². The molecular formula is C17H18N2O3. The minimum absolute atomic E-state index is 0.222. The molecule has 0 bridgehead atoms.